The topological polar surface area (TPSA) is 76.7 Å². The Morgan fingerprint density at radius 3 is 2.50 bits per heavy atom. The Morgan fingerprint density at radius 1 is 1.00 bits per heavy atom. The van der Waals surface area contributed by atoms with Gasteiger partial charge < -0.3 is 20.1 Å². The molecule has 6 nitrogen and oxygen atoms in total. The van der Waals surface area contributed by atoms with E-state index in [1.54, 1.807) is 25.6 Å². The second kappa shape index (κ2) is 10.0. The maximum absolute atomic E-state index is 13.8. The summed E-state index contributed by atoms with van der Waals surface area (Å²) in [5.74, 6) is 0.367. The summed E-state index contributed by atoms with van der Waals surface area (Å²) >= 11 is 1.67. The molecule has 36 heavy (non-hydrogen) atoms. The number of benzene rings is 2. The summed E-state index contributed by atoms with van der Waals surface area (Å²) in [7, 11) is 3.16. The highest BCUT2D eigenvalue weighted by Crippen LogP contribution is 2.49. The van der Waals surface area contributed by atoms with Crippen molar-refractivity contribution in [2.75, 3.05) is 19.5 Å². The van der Waals surface area contributed by atoms with E-state index in [0.717, 1.165) is 17.0 Å². The molecule has 7 heteroatoms. The highest BCUT2D eigenvalue weighted by atomic mass is 32.1. The summed E-state index contributed by atoms with van der Waals surface area (Å²) < 4.78 is 11.3. The molecule has 0 unspecified atom stereocenters. The van der Waals surface area contributed by atoms with E-state index in [-0.39, 0.29) is 17.6 Å². The van der Waals surface area contributed by atoms with E-state index in [2.05, 4.69) is 16.7 Å². The number of ketones is 1. The molecule has 0 fully saturated rings. The van der Waals surface area contributed by atoms with Crippen molar-refractivity contribution in [3.63, 3.8) is 0 Å². The summed E-state index contributed by atoms with van der Waals surface area (Å²) in [6, 6.07) is 19.0. The highest BCUT2D eigenvalue weighted by Gasteiger charge is 2.42. The van der Waals surface area contributed by atoms with Crippen LogP contribution >= 0.6 is 11.3 Å². The average molecular weight is 501 g/mol. The quantitative estimate of drug-likeness (QED) is 0.450. The fraction of sp³-hybridized carbons (Fsp3) is 0.241. The zero-order valence-corrected chi connectivity index (χ0v) is 21.3. The summed E-state index contributed by atoms with van der Waals surface area (Å²) in [6.07, 6.45) is 1.10. The Kier molecular flexibility index (Phi) is 6.65. The van der Waals surface area contributed by atoms with Gasteiger partial charge in [-0.05, 0) is 43.0 Å². The van der Waals surface area contributed by atoms with Gasteiger partial charge in [0.05, 0.1) is 20.1 Å². The molecule has 2 N–H and O–H groups in total. The van der Waals surface area contributed by atoms with Crippen LogP contribution in [0.1, 0.15) is 42.0 Å². The number of amides is 1. The van der Waals surface area contributed by atoms with Gasteiger partial charge in [-0.2, -0.15) is 0 Å². The van der Waals surface area contributed by atoms with Gasteiger partial charge in [-0.25, -0.2) is 0 Å². The largest absolute Gasteiger partial charge is 0.493 e. The van der Waals surface area contributed by atoms with Gasteiger partial charge in [0.2, 0.25) is 0 Å². The lowest BCUT2D eigenvalue weighted by Crippen LogP contribution is -2.37. The molecule has 0 saturated carbocycles. The van der Waals surface area contributed by atoms with E-state index in [9.17, 15) is 9.59 Å². The molecule has 2 aromatic carbocycles. The van der Waals surface area contributed by atoms with Crippen molar-refractivity contribution in [2.45, 2.75) is 31.6 Å². The number of dihydropyridines is 1. The predicted molar refractivity (Wildman–Crippen MR) is 142 cm³/mol. The molecule has 2 atom stereocenters. The zero-order valence-electron chi connectivity index (χ0n) is 20.5. The number of anilines is 1. The Bertz CT molecular complexity index is 1360. The van der Waals surface area contributed by atoms with Crippen LogP contribution in [0.4, 0.5) is 5.69 Å². The van der Waals surface area contributed by atoms with E-state index in [1.165, 1.54) is 4.88 Å². The lowest BCUT2D eigenvalue weighted by atomic mass is 9.72. The first kappa shape index (κ1) is 23.9. The third-order valence-electron chi connectivity index (χ3n) is 6.79. The van der Waals surface area contributed by atoms with Crippen LogP contribution in [0.5, 0.6) is 11.5 Å². The highest BCUT2D eigenvalue weighted by molar-refractivity contribution is 7.10. The number of nitrogens with one attached hydrogen (secondary N) is 2. The van der Waals surface area contributed by atoms with Crippen molar-refractivity contribution in [1.82, 2.24) is 5.32 Å². The number of para-hydroxylation sites is 2. The molecule has 184 valence electrons. The first-order valence-corrected chi connectivity index (χ1v) is 12.7. The molecule has 1 aliphatic carbocycles. The monoisotopic (exact) mass is 500 g/mol. The fourth-order valence-electron chi connectivity index (χ4n) is 5.24. The number of hydrogen-bond donors (Lipinski definition) is 2. The normalized spacial score (nSPS) is 19.5. The van der Waals surface area contributed by atoms with Gasteiger partial charge in [0.1, 0.15) is 0 Å². The van der Waals surface area contributed by atoms with E-state index >= 15 is 0 Å². The molecule has 1 aliphatic heterocycles. The maximum Gasteiger partial charge on any atom is 0.254 e. The van der Waals surface area contributed by atoms with Gasteiger partial charge in [-0.3, -0.25) is 9.59 Å². The van der Waals surface area contributed by atoms with Crippen molar-refractivity contribution >= 4 is 28.7 Å². The minimum Gasteiger partial charge on any atom is -0.493 e. The van der Waals surface area contributed by atoms with Crippen LogP contribution in [-0.4, -0.2) is 25.9 Å². The first-order valence-electron chi connectivity index (χ1n) is 11.9. The molecule has 2 aliphatic rings. The van der Waals surface area contributed by atoms with Gasteiger partial charge in [0.15, 0.2) is 17.3 Å². The molecule has 3 aromatic rings. The van der Waals surface area contributed by atoms with Crippen molar-refractivity contribution in [3.05, 3.63) is 99.0 Å². The molecule has 2 heterocycles. The number of ether oxygens (including phenoxy) is 2. The lowest BCUT2D eigenvalue weighted by Gasteiger charge is -2.37. The van der Waals surface area contributed by atoms with Crippen LogP contribution in [-0.2, 0) is 9.59 Å². The summed E-state index contributed by atoms with van der Waals surface area (Å²) in [5, 5.41) is 8.48. The SMILES string of the molecule is COc1cccc([C@H]2C(C(=O)Nc3ccccc3)=C(C)NC3=C2C(=O)C[C@H](c2cccs2)C3)c1OC. The molecule has 0 bridgehead atoms. The second-order valence-corrected chi connectivity index (χ2v) is 9.91. The van der Waals surface area contributed by atoms with Gasteiger partial charge in [0, 0.05) is 51.0 Å². The predicted octanol–water partition coefficient (Wildman–Crippen LogP) is 5.77. The molecular formula is C29H28N2O4S. The summed E-state index contributed by atoms with van der Waals surface area (Å²) in [5.41, 5.74) is 4.12. The van der Waals surface area contributed by atoms with E-state index in [1.807, 2.05) is 66.9 Å². The standard InChI is InChI=1S/C29H28N2O4S/c1-17-25(29(33)31-19-9-5-4-6-10-19)26(20-11-7-12-23(34-2)28(20)35-3)27-21(30-17)15-18(16-22(27)32)24-13-8-14-36-24/h4-14,18,26,30H,15-16H2,1-3H3,(H,31,33)/t18-,26+/m1/s1. The average Bonchev–Trinajstić information content (AvgIpc) is 3.43. The fourth-order valence-corrected chi connectivity index (χ4v) is 6.07. The van der Waals surface area contributed by atoms with Crippen molar-refractivity contribution in [2.24, 2.45) is 0 Å². The number of rotatable bonds is 6. The third-order valence-corrected chi connectivity index (χ3v) is 7.83. The van der Waals surface area contributed by atoms with Crippen LogP contribution in [0.2, 0.25) is 0 Å². The molecule has 0 saturated heterocycles. The molecule has 1 amide bonds. The summed E-state index contributed by atoms with van der Waals surface area (Å²) in [6.45, 7) is 1.89. The number of allylic oxidation sites excluding steroid dienone is 3. The van der Waals surface area contributed by atoms with Crippen LogP contribution in [0.25, 0.3) is 0 Å². The van der Waals surface area contributed by atoms with Crippen LogP contribution in [0.15, 0.2) is 88.6 Å². The van der Waals surface area contributed by atoms with E-state index in [4.69, 9.17) is 9.47 Å². The van der Waals surface area contributed by atoms with Crippen LogP contribution < -0.4 is 20.1 Å². The van der Waals surface area contributed by atoms with Gasteiger partial charge in [-0.15, -0.1) is 11.3 Å². The molecule has 0 spiro atoms. The Labute approximate surface area is 214 Å². The Balaban J connectivity index is 1.64. The number of methoxy groups -OCH3 is 2. The van der Waals surface area contributed by atoms with E-state index < -0.39 is 5.92 Å². The van der Waals surface area contributed by atoms with Crippen LogP contribution in [0, 0.1) is 0 Å². The molecule has 1 aromatic heterocycles. The van der Waals surface area contributed by atoms with Crippen molar-refractivity contribution < 1.29 is 19.1 Å². The molecule has 0 radical (unpaired) electrons. The number of hydrogen-bond acceptors (Lipinski definition) is 6. The second-order valence-electron chi connectivity index (χ2n) is 8.94. The van der Waals surface area contributed by atoms with E-state index in [0.29, 0.717) is 41.2 Å². The Morgan fingerprint density at radius 2 is 1.81 bits per heavy atom. The number of carbonyl (C=O) groups excluding carboxylic acids is 2. The van der Waals surface area contributed by atoms with Crippen LogP contribution in [0.3, 0.4) is 0 Å². The van der Waals surface area contributed by atoms with Gasteiger partial charge >= 0.3 is 0 Å². The Hall–Kier alpha value is -3.84. The minimum atomic E-state index is -0.591. The number of carbonyl (C=O) groups is 2. The minimum absolute atomic E-state index is 0.0366. The van der Waals surface area contributed by atoms with Crippen molar-refractivity contribution in [1.29, 1.82) is 0 Å². The number of thiophene rings is 1. The molecular weight excluding hydrogens is 472 g/mol. The summed E-state index contributed by atoms with van der Waals surface area (Å²) in [4.78, 5) is 28.7. The zero-order chi connectivity index (χ0) is 25.2. The molecule has 5 rings (SSSR count). The first-order chi connectivity index (χ1) is 17.5. The maximum atomic E-state index is 13.8. The number of Topliss-reactive ketones (excluding diaryl/α,β-unsaturated/α-hetero) is 1. The van der Waals surface area contributed by atoms with Crippen molar-refractivity contribution in [3.8, 4) is 11.5 Å². The lowest BCUT2D eigenvalue weighted by molar-refractivity contribution is -0.116. The van der Waals surface area contributed by atoms with Gasteiger partial charge in [0.25, 0.3) is 5.91 Å². The smallest absolute Gasteiger partial charge is 0.254 e. The third kappa shape index (κ3) is 4.31. The van der Waals surface area contributed by atoms with Gasteiger partial charge in [-0.1, -0.05) is 36.4 Å².